The van der Waals surface area contributed by atoms with E-state index in [0.717, 1.165) is 36.5 Å². The number of carbonyl (C=O) groups is 1. The van der Waals surface area contributed by atoms with Crippen LogP contribution in [-0.4, -0.2) is 33.4 Å². The van der Waals surface area contributed by atoms with Crippen LogP contribution in [0.25, 0.3) is 11.0 Å². The highest BCUT2D eigenvalue weighted by molar-refractivity contribution is 5.81. The number of fused-ring (bicyclic) bond motifs is 1. The minimum atomic E-state index is 0.159. The molecule has 1 amide bonds. The first kappa shape index (κ1) is 18.7. The maximum atomic E-state index is 12.4. The molecule has 1 aliphatic heterocycles. The highest BCUT2D eigenvalue weighted by Crippen LogP contribution is 2.32. The second-order valence-electron chi connectivity index (χ2n) is 8.12. The molecule has 0 saturated carbocycles. The number of benzene rings is 2. The van der Waals surface area contributed by atoms with Gasteiger partial charge in [0.1, 0.15) is 5.82 Å². The summed E-state index contributed by atoms with van der Waals surface area (Å²) in [5.41, 5.74) is 8.90. The molecule has 1 atom stereocenters. The van der Waals surface area contributed by atoms with E-state index < -0.39 is 0 Å². The fourth-order valence-electron chi connectivity index (χ4n) is 4.52. The number of aromatic nitrogens is 2. The quantitative estimate of drug-likeness (QED) is 0.665. The van der Waals surface area contributed by atoms with Gasteiger partial charge in [-0.05, 0) is 74.6 Å². The molecule has 0 aliphatic carbocycles. The monoisotopic (exact) mass is 375 g/mol. The van der Waals surface area contributed by atoms with Gasteiger partial charge in [-0.15, -0.1) is 0 Å². The number of para-hydroxylation sites is 2. The molecule has 2 heterocycles. The van der Waals surface area contributed by atoms with Gasteiger partial charge in [-0.2, -0.15) is 0 Å². The van der Waals surface area contributed by atoms with E-state index in [2.05, 4.69) is 56.5 Å². The Bertz CT molecular complexity index is 1040. The minimum absolute atomic E-state index is 0.159. The summed E-state index contributed by atoms with van der Waals surface area (Å²) in [6.07, 6.45) is 0.558. The van der Waals surface area contributed by atoms with Gasteiger partial charge in [-0.3, -0.25) is 4.79 Å². The van der Waals surface area contributed by atoms with Gasteiger partial charge < -0.3 is 9.47 Å². The van der Waals surface area contributed by atoms with Gasteiger partial charge in [0.05, 0.1) is 11.0 Å². The number of rotatable bonds is 4. The average Bonchev–Trinajstić information content (AvgIpc) is 3.23. The van der Waals surface area contributed by atoms with Crippen LogP contribution in [-0.2, 0) is 11.3 Å². The SMILES string of the molecule is CCN1CC(c2nc3ccccc3n2Cc2c(C)c(C)cc(C)c2C)CC1=O. The fraction of sp³-hybridized carbons (Fsp3) is 0.417. The number of hydrogen-bond donors (Lipinski definition) is 0. The zero-order valence-electron chi connectivity index (χ0n) is 17.5. The standard InChI is InChI=1S/C24H29N3O/c1-6-26-13-19(12-23(26)28)24-25-21-9-7-8-10-22(21)27(24)14-20-17(4)15(2)11-16(3)18(20)5/h7-11,19H,6,12-14H2,1-5H3. The number of likely N-dealkylation sites (tertiary alicyclic amines) is 1. The number of amides is 1. The average molecular weight is 376 g/mol. The lowest BCUT2D eigenvalue weighted by molar-refractivity contribution is -0.127. The molecule has 1 saturated heterocycles. The third-order valence-electron chi connectivity index (χ3n) is 6.48. The van der Waals surface area contributed by atoms with E-state index in [0.29, 0.717) is 6.42 Å². The van der Waals surface area contributed by atoms with Crippen molar-refractivity contribution < 1.29 is 4.79 Å². The van der Waals surface area contributed by atoms with Crippen molar-refractivity contribution in [3.8, 4) is 0 Å². The molecule has 2 aromatic carbocycles. The molecule has 1 unspecified atom stereocenters. The number of aryl methyl sites for hydroxylation is 2. The third kappa shape index (κ3) is 3.01. The zero-order valence-corrected chi connectivity index (χ0v) is 17.5. The Balaban J connectivity index is 1.85. The number of likely N-dealkylation sites (N-methyl/N-ethyl adjacent to an activating group) is 1. The van der Waals surface area contributed by atoms with Crippen molar-refractivity contribution in [1.82, 2.24) is 14.5 Å². The molecular weight excluding hydrogens is 346 g/mol. The minimum Gasteiger partial charge on any atom is -0.342 e. The number of carbonyl (C=O) groups excluding carboxylic acids is 1. The normalized spacial score (nSPS) is 17.1. The largest absolute Gasteiger partial charge is 0.342 e. The van der Waals surface area contributed by atoms with Crippen molar-refractivity contribution in [1.29, 1.82) is 0 Å². The number of nitrogens with zero attached hydrogens (tertiary/aromatic N) is 3. The molecule has 4 rings (SSSR count). The molecule has 0 spiro atoms. The smallest absolute Gasteiger partial charge is 0.223 e. The first-order valence-corrected chi connectivity index (χ1v) is 10.2. The van der Waals surface area contributed by atoms with Crippen molar-refractivity contribution in [2.75, 3.05) is 13.1 Å². The van der Waals surface area contributed by atoms with E-state index in [-0.39, 0.29) is 11.8 Å². The molecule has 0 bridgehead atoms. The molecule has 0 N–H and O–H groups in total. The van der Waals surface area contributed by atoms with Gasteiger partial charge in [0.2, 0.25) is 5.91 Å². The molecular formula is C24H29N3O. The maximum absolute atomic E-state index is 12.4. The van der Waals surface area contributed by atoms with Crippen LogP contribution in [0, 0.1) is 27.7 Å². The topological polar surface area (TPSA) is 38.1 Å². The van der Waals surface area contributed by atoms with Crippen LogP contribution >= 0.6 is 0 Å². The Kier molecular flexibility index (Phi) is 4.74. The van der Waals surface area contributed by atoms with Crippen LogP contribution in [0.3, 0.4) is 0 Å². The summed E-state index contributed by atoms with van der Waals surface area (Å²) in [4.78, 5) is 19.3. The summed E-state index contributed by atoms with van der Waals surface area (Å²) in [6, 6.07) is 10.6. The Hall–Kier alpha value is -2.62. The van der Waals surface area contributed by atoms with Gasteiger partial charge in [0, 0.05) is 32.0 Å². The van der Waals surface area contributed by atoms with E-state index in [1.54, 1.807) is 0 Å². The second-order valence-corrected chi connectivity index (χ2v) is 8.12. The Morgan fingerprint density at radius 3 is 2.39 bits per heavy atom. The van der Waals surface area contributed by atoms with Crippen LogP contribution in [0.1, 0.15) is 52.9 Å². The molecule has 146 valence electrons. The van der Waals surface area contributed by atoms with Crippen molar-refractivity contribution in [2.45, 2.75) is 53.5 Å². The fourth-order valence-corrected chi connectivity index (χ4v) is 4.52. The van der Waals surface area contributed by atoms with Crippen LogP contribution in [0.5, 0.6) is 0 Å². The molecule has 1 aromatic heterocycles. The summed E-state index contributed by atoms with van der Waals surface area (Å²) in [7, 11) is 0. The molecule has 28 heavy (non-hydrogen) atoms. The molecule has 4 nitrogen and oxygen atoms in total. The first-order chi connectivity index (χ1) is 13.4. The van der Waals surface area contributed by atoms with E-state index in [1.807, 2.05) is 17.9 Å². The highest BCUT2D eigenvalue weighted by Gasteiger charge is 2.33. The van der Waals surface area contributed by atoms with Gasteiger partial charge in [0.15, 0.2) is 0 Å². The lowest BCUT2D eigenvalue weighted by Gasteiger charge is -2.19. The van der Waals surface area contributed by atoms with Gasteiger partial charge in [-0.1, -0.05) is 18.2 Å². The second kappa shape index (κ2) is 7.08. The first-order valence-electron chi connectivity index (χ1n) is 10.2. The zero-order chi connectivity index (χ0) is 20.0. The molecule has 4 heteroatoms. The summed E-state index contributed by atoms with van der Waals surface area (Å²) >= 11 is 0. The molecule has 1 fully saturated rings. The number of hydrogen-bond acceptors (Lipinski definition) is 2. The van der Waals surface area contributed by atoms with Crippen molar-refractivity contribution >= 4 is 16.9 Å². The number of imidazole rings is 1. The van der Waals surface area contributed by atoms with E-state index in [4.69, 9.17) is 4.98 Å². The predicted octanol–water partition coefficient (Wildman–Crippen LogP) is 4.65. The van der Waals surface area contributed by atoms with E-state index in [1.165, 1.54) is 27.8 Å². The van der Waals surface area contributed by atoms with Crippen molar-refractivity contribution in [2.24, 2.45) is 0 Å². The Morgan fingerprint density at radius 2 is 1.75 bits per heavy atom. The summed E-state index contributed by atoms with van der Waals surface area (Å²) in [5.74, 6) is 1.44. The van der Waals surface area contributed by atoms with Gasteiger partial charge >= 0.3 is 0 Å². The van der Waals surface area contributed by atoms with Crippen LogP contribution in [0.2, 0.25) is 0 Å². The molecule has 1 aliphatic rings. The maximum Gasteiger partial charge on any atom is 0.223 e. The lowest BCUT2D eigenvalue weighted by atomic mass is 9.94. The predicted molar refractivity (Wildman–Crippen MR) is 114 cm³/mol. The van der Waals surface area contributed by atoms with Crippen molar-refractivity contribution in [3.05, 3.63) is 64.0 Å². The summed E-state index contributed by atoms with van der Waals surface area (Å²) in [6.45, 7) is 13.2. The molecule has 3 aromatic rings. The van der Waals surface area contributed by atoms with Crippen LogP contribution in [0.15, 0.2) is 30.3 Å². The van der Waals surface area contributed by atoms with Crippen LogP contribution in [0.4, 0.5) is 0 Å². The Morgan fingerprint density at radius 1 is 1.07 bits per heavy atom. The Labute approximate surface area is 167 Å². The lowest BCUT2D eigenvalue weighted by Crippen LogP contribution is -2.24. The van der Waals surface area contributed by atoms with E-state index >= 15 is 0 Å². The van der Waals surface area contributed by atoms with Gasteiger partial charge in [0.25, 0.3) is 0 Å². The van der Waals surface area contributed by atoms with Crippen LogP contribution < -0.4 is 0 Å². The third-order valence-corrected chi connectivity index (χ3v) is 6.48. The van der Waals surface area contributed by atoms with E-state index in [9.17, 15) is 4.79 Å². The summed E-state index contributed by atoms with van der Waals surface area (Å²) < 4.78 is 2.35. The summed E-state index contributed by atoms with van der Waals surface area (Å²) in [5, 5.41) is 0. The highest BCUT2D eigenvalue weighted by atomic mass is 16.2. The van der Waals surface area contributed by atoms with Crippen molar-refractivity contribution in [3.63, 3.8) is 0 Å². The molecule has 0 radical (unpaired) electrons. The van der Waals surface area contributed by atoms with Gasteiger partial charge in [-0.25, -0.2) is 4.98 Å².